The summed E-state index contributed by atoms with van der Waals surface area (Å²) in [5.41, 5.74) is 1.61. The summed E-state index contributed by atoms with van der Waals surface area (Å²) in [6.07, 6.45) is -0.416. The molecule has 0 aliphatic rings. The van der Waals surface area contributed by atoms with Crippen LogP contribution in [0.25, 0.3) is 0 Å². The number of methoxy groups -OCH3 is 1. The molecule has 2 N–H and O–H groups in total. The lowest BCUT2D eigenvalue weighted by molar-refractivity contribution is 0.191. The molecule has 2 aromatic carbocycles. The molecule has 4 nitrogen and oxygen atoms in total. The summed E-state index contributed by atoms with van der Waals surface area (Å²) < 4.78 is 11.2. The predicted octanol–water partition coefficient (Wildman–Crippen LogP) is 4.70. The molecule has 0 saturated heterocycles. The number of benzene rings is 2. The van der Waals surface area contributed by atoms with Gasteiger partial charge in [0.1, 0.15) is 6.61 Å². The fourth-order valence-corrected chi connectivity index (χ4v) is 3.05. The second-order valence-electron chi connectivity index (χ2n) is 5.58. The average Bonchev–Trinajstić information content (AvgIpc) is 2.55. The van der Waals surface area contributed by atoms with Gasteiger partial charge in [-0.2, -0.15) is 0 Å². The van der Waals surface area contributed by atoms with Crippen LogP contribution >= 0.6 is 34.8 Å². The summed E-state index contributed by atoms with van der Waals surface area (Å²) in [6, 6.07) is 8.91. The zero-order valence-corrected chi connectivity index (χ0v) is 16.3. The fraction of sp³-hybridized carbons (Fsp3) is 0.333. The smallest absolute Gasteiger partial charge is 0.180 e. The predicted molar refractivity (Wildman–Crippen MR) is 102 cm³/mol. The van der Waals surface area contributed by atoms with E-state index in [1.165, 1.54) is 0 Å². The van der Waals surface area contributed by atoms with Gasteiger partial charge in [0.05, 0.1) is 18.2 Å². The summed E-state index contributed by atoms with van der Waals surface area (Å²) in [7, 11) is 1.55. The number of hydrogen-bond donors (Lipinski definition) is 2. The van der Waals surface area contributed by atoms with E-state index in [4.69, 9.17) is 44.3 Å². The van der Waals surface area contributed by atoms with E-state index in [0.717, 1.165) is 5.56 Å². The zero-order chi connectivity index (χ0) is 18.4. The van der Waals surface area contributed by atoms with Crippen molar-refractivity contribution in [1.29, 1.82) is 0 Å². The SMILES string of the molecule is COc1cc(CNC[C@@H](C)O)cc(Cl)c1OCc1c(Cl)cccc1Cl. The Morgan fingerprint density at radius 1 is 1.12 bits per heavy atom. The highest BCUT2D eigenvalue weighted by atomic mass is 35.5. The lowest BCUT2D eigenvalue weighted by Gasteiger charge is -2.16. The normalized spacial score (nSPS) is 12.1. The maximum Gasteiger partial charge on any atom is 0.180 e. The number of ether oxygens (including phenoxy) is 2. The van der Waals surface area contributed by atoms with Gasteiger partial charge in [0.15, 0.2) is 11.5 Å². The molecular formula is C18H20Cl3NO3. The monoisotopic (exact) mass is 403 g/mol. The fourth-order valence-electron chi connectivity index (χ4n) is 2.26. The van der Waals surface area contributed by atoms with E-state index in [-0.39, 0.29) is 6.61 Å². The molecule has 0 aliphatic heterocycles. The molecule has 0 aliphatic carbocycles. The Hall–Kier alpha value is -1.17. The van der Waals surface area contributed by atoms with Gasteiger partial charge in [0.25, 0.3) is 0 Å². The van der Waals surface area contributed by atoms with E-state index in [9.17, 15) is 5.11 Å². The van der Waals surface area contributed by atoms with Crippen LogP contribution in [0.1, 0.15) is 18.1 Å². The van der Waals surface area contributed by atoms with E-state index < -0.39 is 6.10 Å². The molecule has 0 radical (unpaired) electrons. The van der Waals surface area contributed by atoms with Gasteiger partial charge in [0, 0.05) is 28.7 Å². The Morgan fingerprint density at radius 3 is 2.40 bits per heavy atom. The molecule has 136 valence electrons. The summed E-state index contributed by atoms with van der Waals surface area (Å²) in [5, 5.41) is 13.9. The molecule has 1 atom stereocenters. The lowest BCUT2D eigenvalue weighted by atomic mass is 10.2. The first-order valence-electron chi connectivity index (χ1n) is 7.73. The van der Waals surface area contributed by atoms with Gasteiger partial charge in [-0.15, -0.1) is 0 Å². The van der Waals surface area contributed by atoms with Crippen molar-refractivity contribution in [3.63, 3.8) is 0 Å². The zero-order valence-electron chi connectivity index (χ0n) is 14.0. The van der Waals surface area contributed by atoms with Crippen molar-refractivity contribution >= 4 is 34.8 Å². The molecule has 0 amide bonds. The van der Waals surface area contributed by atoms with Gasteiger partial charge in [-0.25, -0.2) is 0 Å². The van der Waals surface area contributed by atoms with Crippen LogP contribution in [0, 0.1) is 0 Å². The lowest BCUT2D eigenvalue weighted by Crippen LogP contribution is -2.23. The van der Waals surface area contributed by atoms with Crippen molar-refractivity contribution in [2.75, 3.05) is 13.7 Å². The number of aliphatic hydroxyl groups is 1. The van der Waals surface area contributed by atoms with Gasteiger partial charge >= 0.3 is 0 Å². The first-order chi connectivity index (χ1) is 11.9. The van der Waals surface area contributed by atoms with Gasteiger partial charge in [0.2, 0.25) is 0 Å². The van der Waals surface area contributed by atoms with Crippen molar-refractivity contribution in [2.45, 2.75) is 26.2 Å². The highest BCUT2D eigenvalue weighted by Gasteiger charge is 2.14. The molecule has 0 aromatic heterocycles. The van der Waals surface area contributed by atoms with Crippen molar-refractivity contribution in [3.05, 3.63) is 56.5 Å². The molecule has 2 aromatic rings. The maximum atomic E-state index is 9.30. The molecular weight excluding hydrogens is 385 g/mol. The van der Waals surface area contributed by atoms with Crippen molar-refractivity contribution in [1.82, 2.24) is 5.32 Å². The Balaban J connectivity index is 2.15. The molecule has 0 heterocycles. The third kappa shape index (κ3) is 5.66. The summed E-state index contributed by atoms with van der Waals surface area (Å²) in [4.78, 5) is 0. The second-order valence-corrected chi connectivity index (χ2v) is 6.80. The molecule has 0 spiro atoms. The van der Waals surface area contributed by atoms with Crippen molar-refractivity contribution in [3.8, 4) is 11.5 Å². The number of aliphatic hydroxyl groups excluding tert-OH is 1. The molecule has 0 saturated carbocycles. The highest BCUT2D eigenvalue weighted by Crippen LogP contribution is 2.38. The minimum atomic E-state index is -0.416. The Morgan fingerprint density at radius 2 is 1.80 bits per heavy atom. The molecule has 2 rings (SSSR count). The van der Waals surface area contributed by atoms with Crippen LogP contribution < -0.4 is 14.8 Å². The van der Waals surface area contributed by atoms with Crippen LogP contribution in [0.3, 0.4) is 0 Å². The number of halogens is 3. The topological polar surface area (TPSA) is 50.7 Å². The molecule has 0 bridgehead atoms. The Kier molecular flexibility index (Phi) is 7.66. The second kappa shape index (κ2) is 9.51. The van der Waals surface area contributed by atoms with Gasteiger partial charge in [-0.1, -0.05) is 40.9 Å². The van der Waals surface area contributed by atoms with Crippen LogP contribution in [0.2, 0.25) is 15.1 Å². The third-order valence-corrected chi connectivity index (χ3v) is 4.47. The molecule has 0 fully saturated rings. The van der Waals surface area contributed by atoms with E-state index in [2.05, 4.69) is 5.32 Å². The van der Waals surface area contributed by atoms with E-state index in [1.807, 2.05) is 6.07 Å². The summed E-state index contributed by atoms with van der Waals surface area (Å²) in [5.74, 6) is 0.948. The van der Waals surface area contributed by atoms with Crippen LogP contribution in [0.4, 0.5) is 0 Å². The van der Waals surface area contributed by atoms with Crippen LogP contribution in [0.5, 0.6) is 11.5 Å². The van der Waals surface area contributed by atoms with Crippen LogP contribution in [-0.4, -0.2) is 24.9 Å². The first-order valence-corrected chi connectivity index (χ1v) is 8.86. The number of nitrogens with one attached hydrogen (secondary N) is 1. The summed E-state index contributed by atoms with van der Waals surface area (Å²) in [6.45, 7) is 2.94. The van der Waals surface area contributed by atoms with Gasteiger partial charge in [-0.05, 0) is 36.8 Å². The standard InChI is InChI=1S/C18H20Cl3NO3/c1-11(23)8-22-9-12-6-16(21)18(17(7-12)24-2)25-10-13-14(19)4-3-5-15(13)20/h3-7,11,22-23H,8-10H2,1-2H3/t11-/m1/s1. The minimum absolute atomic E-state index is 0.175. The largest absolute Gasteiger partial charge is 0.493 e. The third-order valence-electron chi connectivity index (χ3n) is 3.48. The van der Waals surface area contributed by atoms with E-state index in [1.54, 1.807) is 38.3 Å². The van der Waals surface area contributed by atoms with Crippen LogP contribution in [-0.2, 0) is 13.2 Å². The molecule has 7 heteroatoms. The first kappa shape index (κ1) is 20.1. The summed E-state index contributed by atoms with van der Waals surface area (Å²) >= 11 is 18.7. The average molecular weight is 405 g/mol. The van der Waals surface area contributed by atoms with Crippen LogP contribution in [0.15, 0.2) is 30.3 Å². The molecule has 25 heavy (non-hydrogen) atoms. The highest BCUT2D eigenvalue weighted by molar-refractivity contribution is 6.36. The van der Waals surface area contributed by atoms with Gasteiger partial charge in [-0.3, -0.25) is 0 Å². The van der Waals surface area contributed by atoms with Crippen molar-refractivity contribution in [2.24, 2.45) is 0 Å². The van der Waals surface area contributed by atoms with Gasteiger partial charge < -0.3 is 19.9 Å². The van der Waals surface area contributed by atoms with E-state index in [0.29, 0.717) is 45.2 Å². The maximum absolute atomic E-state index is 9.30. The minimum Gasteiger partial charge on any atom is -0.493 e. The van der Waals surface area contributed by atoms with E-state index >= 15 is 0 Å². The van der Waals surface area contributed by atoms with Crippen molar-refractivity contribution < 1.29 is 14.6 Å². The number of rotatable bonds is 8. The number of hydrogen-bond acceptors (Lipinski definition) is 4. The Bertz CT molecular complexity index is 703. The Labute approximate surface area is 162 Å². The quantitative estimate of drug-likeness (QED) is 0.669. The molecule has 0 unspecified atom stereocenters.